The molecule has 170 valence electrons. The smallest absolute Gasteiger partial charge is 0.333 e. The number of nitrogens with one attached hydrogen (secondary N) is 2. The Bertz CT molecular complexity index is 1080. The second kappa shape index (κ2) is 10.7. The van der Waals surface area contributed by atoms with Gasteiger partial charge in [-0.3, -0.25) is 9.89 Å². The highest BCUT2D eigenvalue weighted by Crippen LogP contribution is 2.30. The largest absolute Gasteiger partial charge is 0.481 e. The van der Waals surface area contributed by atoms with Crippen LogP contribution in [-0.4, -0.2) is 62.8 Å². The molecule has 1 atom stereocenters. The van der Waals surface area contributed by atoms with E-state index in [-0.39, 0.29) is 11.9 Å². The lowest BCUT2D eigenvalue weighted by molar-refractivity contribution is -0.152. The third kappa shape index (κ3) is 6.02. The third-order valence-corrected chi connectivity index (χ3v) is 4.93. The SMILES string of the molecule is Fc1ccccc1-c1ccc2c(OC3CCNCC3)n[nH]c2c1.O=C(O)CC(O)C(=O)O. The molecule has 3 aromatic rings. The number of rotatable bonds is 6. The van der Waals surface area contributed by atoms with E-state index in [1.165, 1.54) is 6.07 Å². The molecule has 0 amide bonds. The van der Waals surface area contributed by atoms with Crippen LogP contribution in [-0.2, 0) is 9.59 Å². The van der Waals surface area contributed by atoms with Gasteiger partial charge in [-0.1, -0.05) is 24.3 Å². The molecule has 1 saturated heterocycles. The second-order valence-corrected chi connectivity index (χ2v) is 7.29. The van der Waals surface area contributed by atoms with E-state index in [1.54, 1.807) is 12.1 Å². The van der Waals surface area contributed by atoms with Crippen LogP contribution in [0, 0.1) is 5.82 Å². The fourth-order valence-electron chi connectivity index (χ4n) is 3.27. The summed E-state index contributed by atoms with van der Waals surface area (Å²) in [4.78, 5) is 19.4. The minimum absolute atomic E-state index is 0.203. The predicted molar refractivity (Wildman–Crippen MR) is 114 cm³/mol. The van der Waals surface area contributed by atoms with E-state index >= 15 is 0 Å². The number of carboxylic acids is 2. The highest BCUT2D eigenvalue weighted by Gasteiger charge is 2.18. The molecule has 32 heavy (non-hydrogen) atoms. The van der Waals surface area contributed by atoms with Gasteiger partial charge in [-0.05, 0) is 49.7 Å². The second-order valence-electron chi connectivity index (χ2n) is 7.29. The molecule has 2 aromatic carbocycles. The molecule has 1 aliphatic heterocycles. The van der Waals surface area contributed by atoms with Crippen molar-refractivity contribution in [3.63, 3.8) is 0 Å². The number of nitrogens with zero attached hydrogens (tertiary/aromatic N) is 1. The van der Waals surface area contributed by atoms with Crippen LogP contribution in [0.3, 0.4) is 0 Å². The number of halogens is 1. The summed E-state index contributed by atoms with van der Waals surface area (Å²) in [6, 6.07) is 12.5. The number of ether oxygens (including phenoxy) is 1. The molecular formula is C22H24FN3O6. The number of piperidine rings is 1. The summed E-state index contributed by atoms with van der Waals surface area (Å²) in [5.74, 6) is -2.44. The van der Waals surface area contributed by atoms with E-state index < -0.39 is 24.5 Å². The first-order chi connectivity index (χ1) is 15.3. The molecule has 0 spiro atoms. The van der Waals surface area contributed by atoms with Crippen LogP contribution in [0.25, 0.3) is 22.0 Å². The van der Waals surface area contributed by atoms with Gasteiger partial charge in [-0.2, -0.15) is 0 Å². The molecule has 9 nitrogen and oxygen atoms in total. The molecule has 0 radical (unpaired) electrons. The van der Waals surface area contributed by atoms with Crippen molar-refractivity contribution in [2.24, 2.45) is 0 Å². The van der Waals surface area contributed by atoms with E-state index in [4.69, 9.17) is 20.1 Å². The van der Waals surface area contributed by atoms with Gasteiger partial charge in [0.15, 0.2) is 6.10 Å². The lowest BCUT2D eigenvalue weighted by atomic mass is 10.0. The van der Waals surface area contributed by atoms with Crippen molar-refractivity contribution in [3.8, 4) is 17.0 Å². The average Bonchev–Trinajstić information content (AvgIpc) is 3.16. The minimum Gasteiger partial charge on any atom is -0.481 e. The van der Waals surface area contributed by atoms with Crippen LogP contribution in [0.1, 0.15) is 19.3 Å². The van der Waals surface area contributed by atoms with Crippen molar-refractivity contribution in [3.05, 3.63) is 48.3 Å². The number of aliphatic hydroxyl groups excluding tert-OH is 1. The number of benzene rings is 2. The Hall–Kier alpha value is -3.50. The molecule has 1 fully saturated rings. The highest BCUT2D eigenvalue weighted by atomic mass is 19.1. The van der Waals surface area contributed by atoms with Crippen molar-refractivity contribution in [2.45, 2.75) is 31.5 Å². The minimum atomic E-state index is -1.79. The number of hydrogen-bond donors (Lipinski definition) is 5. The predicted octanol–water partition coefficient (Wildman–Crippen LogP) is 2.41. The number of H-pyrrole nitrogens is 1. The molecule has 1 aromatic heterocycles. The Morgan fingerprint density at radius 3 is 2.50 bits per heavy atom. The van der Waals surface area contributed by atoms with Gasteiger partial charge in [-0.15, -0.1) is 5.10 Å². The quantitative estimate of drug-likeness (QED) is 0.389. The summed E-state index contributed by atoms with van der Waals surface area (Å²) in [6.07, 6.45) is -0.366. The zero-order valence-electron chi connectivity index (χ0n) is 17.1. The maximum atomic E-state index is 13.9. The standard InChI is InChI=1S/C18H18FN3O.C4H6O5/c19-16-4-2-1-3-14(16)12-5-6-15-17(11-12)21-22-18(15)23-13-7-9-20-10-8-13;5-2(4(8)9)1-3(6)7/h1-6,11,13,20H,7-10H2,(H,21,22);2,5H,1H2,(H,6,7)(H,8,9). The number of carboxylic acid groups (broad SMARTS) is 2. The number of aliphatic carboxylic acids is 2. The molecule has 1 aliphatic rings. The molecule has 1 unspecified atom stereocenters. The highest BCUT2D eigenvalue weighted by molar-refractivity contribution is 5.88. The van der Waals surface area contributed by atoms with Crippen molar-refractivity contribution >= 4 is 22.8 Å². The zero-order valence-corrected chi connectivity index (χ0v) is 17.1. The van der Waals surface area contributed by atoms with Crippen molar-refractivity contribution in [2.75, 3.05) is 13.1 Å². The summed E-state index contributed by atoms with van der Waals surface area (Å²) >= 11 is 0. The number of aromatic nitrogens is 2. The van der Waals surface area contributed by atoms with Gasteiger partial charge in [0.25, 0.3) is 0 Å². The Labute approximate surface area is 182 Å². The van der Waals surface area contributed by atoms with E-state index in [0.29, 0.717) is 11.4 Å². The molecule has 0 aliphatic carbocycles. The molecule has 5 N–H and O–H groups in total. The Morgan fingerprint density at radius 1 is 1.16 bits per heavy atom. The van der Waals surface area contributed by atoms with Crippen molar-refractivity contribution in [1.29, 1.82) is 0 Å². The maximum absolute atomic E-state index is 13.9. The topological polar surface area (TPSA) is 145 Å². The van der Waals surface area contributed by atoms with Crippen LogP contribution < -0.4 is 10.1 Å². The molecule has 4 rings (SSSR count). The number of aliphatic hydroxyl groups is 1. The van der Waals surface area contributed by atoms with Crippen LogP contribution in [0.4, 0.5) is 4.39 Å². The van der Waals surface area contributed by atoms with E-state index in [2.05, 4.69) is 15.5 Å². The first kappa shape index (κ1) is 23.2. The van der Waals surface area contributed by atoms with Crippen LogP contribution in [0.5, 0.6) is 5.88 Å². The number of fused-ring (bicyclic) bond motifs is 1. The summed E-state index contributed by atoms with van der Waals surface area (Å²) in [5.41, 5.74) is 2.27. The fraction of sp³-hybridized carbons (Fsp3) is 0.318. The van der Waals surface area contributed by atoms with Gasteiger partial charge in [-0.25, -0.2) is 9.18 Å². The third-order valence-electron chi connectivity index (χ3n) is 4.93. The first-order valence-corrected chi connectivity index (χ1v) is 10.1. The monoisotopic (exact) mass is 445 g/mol. The Balaban J connectivity index is 0.000000275. The van der Waals surface area contributed by atoms with Gasteiger partial charge in [0.2, 0.25) is 5.88 Å². The first-order valence-electron chi connectivity index (χ1n) is 10.1. The lowest BCUT2D eigenvalue weighted by Crippen LogP contribution is -2.34. The fourth-order valence-corrected chi connectivity index (χ4v) is 3.27. The van der Waals surface area contributed by atoms with E-state index in [9.17, 15) is 14.0 Å². The molecule has 2 heterocycles. The zero-order chi connectivity index (χ0) is 23.1. The summed E-state index contributed by atoms with van der Waals surface area (Å²) in [6.45, 7) is 1.95. The molecule has 0 saturated carbocycles. The van der Waals surface area contributed by atoms with Crippen LogP contribution in [0.15, 0.2) is 42.5 Å². The summed E-state index contributed by atoms with van der Waals surface area (Å²) in [7, 11) is 0. The molecular weight excluding hydrogens is 421 g/mol. The summed E-state index contributed by atoms with van der Waals surface area (Å²) < 4.78 is 20.0. The van der Waals surface area contributed by atoms with Gasteiger partial charge in [0.1, 0.15) is 11.9 Å². The van der Waals surface area contributed by atoms with Gasteiger partial charge in [0.05, 0.1) is 17.3 Å². The molecule has 10 heteroatoms. The number of carbonyl (C=O) groups is 2. The average molecular weight is 445 g/mol. The molecule has 0 bridgehead atoms. The number of hydrogen-bond acceptors (Lipinski definition) is 6. The van der Waals surface area contributed by atoms with Gasteiger partial charge >= 0.3 is 11.9 Å². The van der Waals surface area contributed by atoms with Crippen molar-refractivity contribution in [1.82, 2.24) is 15.5 Å². The van der Waals surface area contributed by atoms with Gasteiger partial charge < -0.3 is 25.4 Å². The number of aromatic amines is 1. The van der Waals surface area contributed by atoms with Crippen LogP contribution in [0.2, 0.25) is 0 Å². The van der Waals surface area contributed by atoms with Crippen LogP contribution >= 0.6 is 0 Å². The van der Waals surface area contributed by atoms with E-state index in [0.717, 1.165) is 42.4 Å². The summed E-state index contributed by atoms with van der Waals surface area (Å²) in [5, 5.41) is 35.7. The Morgan fingerprint density at radius 2 is 1.88 bits per heavy atom. The van der Waals surface area contributed by atoms with E-state index in [1.807, 2.05) is 24.3 Å². The van der Waals surface area contributed by atoms with Gasteiger partial charge in [0, 0.05) is 5.56 Å². The van der Waals surface area contributed by atoms with Crippen molar-refractivity contribution < 1.29 is 34.0 Å². The Kier molecular flexibility index (Phi) is 7.74. The lowest BCUT2D eigenvalue weighted by Gasteiger charge is -2.22. The maximum Gasteiger partial charge on any atom is 0.333 e. The normalized spacial score (nSPS) is 14.9.